The minimum Gasteiger partial charge on any atom is -0.484 e. The zero-order chi connectivity index (χ0) is 16.2. The van der Waals surface area contributed by atoms with E-state index in [0.29, 0.717) is 25.3 Å². The molecule has 0 atom stereocenters. The lowest BCUT2D eigenvalue weighted by molar-refractivity contribution is -0.123. The van der Waals surface area contributed by atoms with Gasteiger partial charge in [0.1, 0.15) is 5.75 Å². The molecule has 122 valence electrons. The van der Waals surface area contributed by atoms with Crippen LogP contribution in [0.4, 0.5) is 0 Å². The van der Waals surface area contributed by atoms with Crippen LogP contribution in [0.1, 0.15) is 25.3 Å². The molecule has 0 radical (unpaired) electrons. The van der Waals surface area contributed by atoms with Gasteiger partial charge >= 0.3 is 0 Å². The zero-order valence-electron chi connectivity index (χ0n) is 13.3. The predicted octanol–water partition coefficient (Wildman–Crippen LogP) is 0.817. The van der Waals surface area contributed by atoms with Crippen molar-refractivity contribution in [1.82, 2.24) is 16.0 Å². The molecule has 0 bridgehead atoms. The Hall–Kier alpha value is -2.08. The maximum absolute atomic E-state index is 11.6. The standard InChI is InChI=1S/C16H25N3O3/c1-3-18-16(21)12-22-14-7-4-6-13(10-14)11-19-15(20)8-5-9-17-2/h4,6-7,10,17H,3,5,8-9,11-12H2,1-2H3,(H,18,21)(H,19,20). The molecule has 1 rings (SSSR count). The highest BCUT2D eigenvalue weighted by Gasteiger charge is 2.04. The number of carbonyl (C=O) groups excluding carboxylic acids is 2. The fraction of sp³-hybridized carbons (Fsp3) is 0.500. The summed E-state index contributed by atoms with van der Waals surface area (Å²) in [5.41, 5.74) is 0.940. The van der Waals surface area contributed by atoms with E-state index < -0.39 is 0 Å². The smallest absolute Gasteiger partial charge is 0.257 e. The van der Waals surface area contributed by atoms with E-state index in [2.05, 4.69) is 16.0 Å². The van der Waals surface area contributed by atoms with Crippen LogP contribution in [-0.4, -0.2) is 38.6 Å². The Balaban J connectivity index is 2.37. The molecule has 6 heteroatoms. The first-order chi connectivity index (χ1) is 10.7. The van der Waals surface area contributed by atoms with E-state index >= 15 is 0 Å². The van der Waals surface area contributed by atoms with Crippen molar-refractivity contribution >= 4 is 11.8 Å². The van der Waals surface area contributed by atoms with Crippen molar-refractivity contribution in [3.8, 4) is 5.75 Å². The summed E-state index contributed by atoms with van der Waals surface area (Å²) in [5, 5.41) is 8.54. The molecule has 0 heterocycles. The Morgan fingerprint density at radius 3 is 2.73 bits per heavy atom. The zero-order valence-corrected chi connectivity index (χ0v) is 13.3. The molecule has 6 nitrogen and oxygen atoms in total. The Labute approximate surface area is 131 Å². The highest BCUT2D eigenvalue weighted by Crippen LogP contribution is 2.13. The quantitative estimate of drug-likeness (QED) is 0.559. The Morgan fingerprint density at radius 2 is 2.00 bits per heavy atom. The Morgan fingerprint density at radius 1 is 1.18 bits per heavy atom. The highest BCUT2D eigenvalue weighted by atomic mass is 16.5. The Bertz CT molecular complexity index is 477. The number of hydrogen-bond acceptors (Lipinski definition) is 4. The first-order valence-electron chi connectivity index (χ1n) is 7.55. The molecule has 0 saturated carbocycles. The number of carbonyl (C=O) groups is 2. The molecule has 2 amide bonds. The number of amides is 2. The predicted molar refractivity (Wildman–Crippen MR) is 85.6 cm³/mol. The van der Waals surface area contributed by atoms with Crippen LogP contribution in [-0.2, 0) is 16.1 Å². The van der Waals surface area contributed by atoms with E-state index in [-0.39, 0.29) is 18.4 Å². The molecule has 0 unspecified atom stereocenters. The monoisotopic (exact) mass is 307 g/mol. The lowest BCUT2D eigenvalue weighted by Gasteiger charge is -2.09. The third-order valence-corrected chi connectivity index (χ3v) is 2.96. The van der Waals surface area contributed by atoms with Crippen molar-refractivity contribution < 1.29 is 14.3 Å². The van der Waals surface area contributed by atoms with Gasteiger partial charge in [-0.1, -0.05) is 12.1 Å². The van der Waals surface area contributed by atoms with Crippen LogP contribution in [0, 0.1) is 0 Å². The molecule has 3 N–H and O–H groups in total. The fourth-order valence-corrected chi connectivity index (χ4v) is 1.86. The molecule has 0 aliphatic rings. The molecule has 22 heavy (non-hydrogen) atoms. The van der Waals surface area contributed by atoms with Crippen molar-refractivity contribution in [3.05, 3.63) is 29.8 Å². The second-order valence-corrected chi connectivity index (χ2v) is 4.87. The normalized spacial score (nSPS) is 10.1. The molecular formula is C16H25N3O3. The molecule has 0 aromatic heterocycles. The average molecular weight is 307 g/mol. The van der Waals surface area contributed by atoms with Gasteiger partial charge in [0, 0.05) is 19.5 Å². The van der Waals surface area contributed by atoms with E-state index in [9.17, 15) is 9.59 Å². The summed E-state index contributed by atoms with van der Waals surface area (Å²) in [4.78, 5) is 23.0. The fourth-order valence-electron chi connectivity index (χ4n) is 1.86. The number of benzene rings is 1. The third kappa shape index (κ3) is 7.64. The summed E-state index contributed by atoms with van der Waals surface area (Å²) in [5.74, 6) is 0.503. The van der Waals surface area contributed by atoms with Gasteiger partial charge in [-0.15, -0.1) is 0 Å². The SMILES string of the molecule is CCNC(=O)COc1cccc(CNC(=O)CCCNC)c1. The summed E-state index contributed by atoms with van der Waals surface area (Å²) in [6, 6.07) is 7.37. The van der Waals surface area contributed by atoms with Gasteiger partial charge in [0.25, 0.3) is 5.91 Å². The van der Waals surface area contributed by atoms with Gasteiger partial charge in [-0.3, -0.25) is 9.59 Å². The summed E-state index contributed by atoms with van der Waals surface area (Å²) >= 11 is 0. The first kappa shape index (κ1) is 18.0. The van der Waals surface area contributed by atoms with Crippen LogP contribution >= 0.6 is 0 Å². The van der Waals surface area contributed by atoms with Gasteiger partial charge in [-0.25, -0.2) is 0 Å². The van der Waals surface area contributed by atoms with E-state index in [1.165, 1.54) is 0 Å². The van der Waals surface area contributed by atoms with E-state index in [1.54, 1.807) is 6.07 Å². The number of hydrogen-bond donors (Lipinski definition) is 3. The van der Waals surface area contributed by atoms with Gasteiger partial charge in [0.15, 0.2) is 6.61 Å². The molecule has 1 aromatic rings. The molecule has 0 aliphatic carbocycles. The minimum atomic E-state index is -0.147. The highest BCUT2D eigenvalue weighted by molar-refractivity contribution is 5.77. The van der Waals surface area contributed by atoms with Crippen molar-refractivity contribution in [2.24, 2.45) is 0 Å². The molecular weight excluding hydrogens is 282 g/mol. The van der Waals surface area contributed by atoms with Crippen LogP contribution in [0.15, 0.2) is 24.3 Å². The molecule has 0 saturated heterocycles. The van der Waals surface area contributed by atoms with Gasteiger partial charge in [0.2, 0.25) is 5.91 Å². The lowest BCUT2D eigenvalue weighted by Crippen LogP contribution is -2.28. The second-order valence-electron chi connectivity index (χ2n) is 4.87. The molecule has 0 spiro atoms. The summed E-state index contributed by atoms with van der Waals surface area (Å²) in [6.07, 6.45) is 1.33. The van der Waals surface area contributed by atoms with Crippen molar-refractivity contribution in [2.45, 2.75) is 26.3 Å². The minimum absolute atomic E-state index is 0.00628. The van der Waals surface area contributed by atoms with Gasteiger partial charge < -0.3 is 20.7 Å². The summed E-state index contributed by atoms with van der Waals surface area (Å²) in [6.45, 7) is 3.72. The first-order valence-corrected chi connectivity index (χ1v) is 7.55. The topological polar surface area (TPSA) is 79.5 Å². The third-order valence-electron chi connectivity index (χ3n) is 2.96. The second kappa shape index (κ2) is 10.6. The van der Waals surface area contributed by atoms with Crippen molar-refractivity contribution in [1.29, 1.82) is 0 Å². The van der Waals surface area contributed by atoms with Gasteiger partial charge in [-0.05, 0) is 44.6 Å². The maximum Gasteiger partial charge on any atom is 0.257 e. The number of likely N-dealkylation sites (N-methyl/N-ethyl adjacent to an activating group) is 1. The molecule has 0 fully saturated rings. The number of ether oxygens (including phenoxy) is 1. The van der Waals surface area contributed by atoms with Crippen molar-refractivity contribution in [2.75, 3.05) is 26.7 Å². The van der Waals surface area contributed by atoms with Crippen LogP contribution < -0.4 is 20.7 Å². The van der Waals surface area contributed by atoms with Crippen LogP contribution in [0.2, 0.25) is 0 Å². The lowest BCUT2D eigenvalue weighted by atomic mass is 10.2. The maximum atomic E-state index is 11.6. The number of nitrogens with one attached hydrogen (secondary N) is 3. The molecule has 0 aliphatic heterocycles. The van der Waals surface area contributed by atoms with Crippen LogP contribution in [0.5, 0.6) is 5.75 Å². The Kier molecular flexibility index (Phi) is 8.67. The van der Waals surface area contributed by atoms with Crippen molar-refractivity contribution in [3.63, 3.8) is 0 Å². The van der Waals surface area contributed by atoms with E-state index in [4.69, 9.17) is 4.74 Å². The van der Waals surface area contributed by atoms with E-state index in [1.807, 2.05) is 32.2 Å². The van der Waals surface area contributed by atoms with Gasteiger partial charge in [-0.2, -0.15) is 0 Å². The van der Waals surface area contributed by atoms with E-state index in [0.717, 1.165) is 18.5 Å². The van der Waals surface area contributed by atoms with Gasteiger partial charge in [0.05, 0.1) is 0 Å². The average Bonchev–Trinajstić information content (AvgIpc) is 2.52. The summed E-state index contributed by atoms with van der Waals surface area (Å²) in [7, 11) is 1.87. The van der Waals surface area contributed by atoms with Crippen LogP contribution in [0.3, 0.4) is 0 Å². The van der Waals surface area contributed by atoms with Crippen LogP contribution in [0.25, 0.3) is 0 Å². The largest absolute Gasteiger partial charge is 0.484 e. The number of rotatable bonds is 10. The molecule has 1 aromatic carbocycles. The summed E-state index contributed by atoms with van der Waals surface area (Å²) < 4.78 is 5.41.